The van der Waals surface area contributed by atoms with Crippen LogP contribution in [0.3, 0.4) is 0 Å². The van der Waals surface area contributed by atoms with Crippen molar-refractivity contribution in [3.05, 3.63) is 12.2 Å². The van der Waals surface area contributed by atoms with E-state index in [4.69, 9.17) is 5.73 Å². The van der Waals surface area contributed by atoms with Crippen LogP contribution in [0, 0.1) is 0 Å². The fourth-order valence-corrected chi connectivity index (χ4v) is 3.54. The molecule has 2 nitrogen and oxygen atoms in total. The summed E-state index contributed by atoms with van der Waals surface area (Å²) in [5.74, 6) is 0. The number of unbranched alkanes of at least 4 members (excludes halogenated alkanes) is 11. The average molecular weight is 346 g/mol. The van der Waals surface area contributed by atoms with E-state index >= 15 is 0 Å². The minimum absolute atomic E-state index is 0.0904. The molecule has 0 rings (SSSR count). The molecule has 140 valence electrons. The Morgan fingerprint density at radius 3 is 1.70 bits per heavy atom. The van der Waals surface area contributed by atoms with Gasteiger partial charge in [-0.2, -0.15) is 0 Å². The van der Waals surface area contributed by atoms with Crippen LogP contribution in [0.25, 0.3) is 0 Å². The Labute approximate surface area is 147 Å². The van der Waals surface area contributed by atoms with E-state index in [9.17, 15) is 4.21 Å². The van der Waals surface area contributed by atoms with E-state index in [1.807, 2.05) is 0 Å². The Balaban J connectivity index is 3.24. The fraction of sp³-hybridized carbons (Fsp3) is 0.900. The summed E-state index contributed by atoms with van der Waals surface area (Å²) in [6.45, 7) is 2.27. The second-order valence-corrected chi connectivity index (χ2v) is 10.9. The van der Waals surface area contributed by atoms with Crippen molar-refractivity contribution in [3.63, 3.8) is 0 Å². The Morgan fingerprint density at radius 1 is 0.783 bits per heavy atom. The standard InChI is InChI=1S/C20H43NOS/c1-4-5-6-7-8-9-10-11-12-13-14-15-16-17-18-19-20(21)23(2,3)22/h11-12,20,23H,4-10,13-19,21H2,1-3H3/b12-11-. The van der Waals surface area contributed by atoms with E-state index in [0.29, 0.717) is 0 Å². The van der Waals surface area contributed by atoms with Crippen molar-refractivity contribution in [3.8, 4) is 0 Å². The summed E-state index contributed by atoms with van der Waals surface area (Å²) >= 11 is 0. The Bertz CT molecular complexity index is 322. The van der Waals surface area contributed by atoms with Gasteiger partial charge in [0.05, 0.1) is 5.37 Å². The SMILES string of the molecule is CCCCCCCC/C=C\CCCCCCCC(N)[SH](C)(C)=O. The van der Waals surface area contributed by atoms with Crippen molar-refractivity contribution in [1.82, 2.24) is 0 Å². The highest BCUT2D eigenvalue weighted by Gasteiger charge is 2.11. The van der Waals surface area contributed by atoms with Crippen LogP contribution in [-0.4, -0.2) is 22.1 Å². The monoisotopic (exact) mass is 345 g/mol. The molecule has 0 radical (unpaired) electrons. The molecule has 1 atom stereocenters. The maximum Gasteiger partial charge on any atom is 0.0580 e. The molecule has 0 aliphatic carbocycles. The molecule has 1 unspecified atom stereocenters. The van der Waals surface area contributed by atoms with Gasteiger partial charge in [-0.05, 0) is 44.6 Å². The molecule has 0 amide bonds. The number of thiol groups is 1. The summed E-state index contributed by atoms with van der Waals surface area (Å²) in [5, 5.41) is -0.0904. The quantitative estimate of drug-likeness (QED) is 0.218. The third-order valence-electron chi connectivity index (χ3n) is 4.56. The van der Waals surface area contributed by atoms with E-state index in [2.05, 4.69) is 19.1 Å². The van der Waals surface area contributed by atoms with Gasteiger partial charge in [0.15, 0.2) is 0 Å². The maximum absolute atomic E-state index is 11.8. The Morgan fingerprint density at radius 2 is 1.22 bits per heavy atom. The lowest BCUT2D eigenvalue weighted by Crippen LogP contribution is -2.34. The summed E-state index contributed by atoms with van der Waals surface area (Å²) in [4.78, 5) is 0. The summed E-state index contributed by atoms with van der Waals surface area (Å²) in [6, 6.07) is 0. The molecule has 0 saturated carbocycles. The van der Waals surface area contributed by atoms with Gasteiger partial charge in [0.1, 0.15) is 0 Å². The average Bonchev–Trinajstić information content (AvgIpc) is 2.50. The van der Waals surface area contributed by atoms with Crippen molar-refractivity contribution in [1.29, 1.82) is 0 Å². The number of hydrogen-bond acceptors (Lipinski definition) is 2. The van der Waals surface area contributed by atoms with E-state index in [1.54, 1.807) is 12.5 Å². The normalized spacial score (nSPS) is 14.4. The van der Waals surface area contributed by atoms with E-state index in [0.717, 1.165) is 12.8 Å². The van der Waals surface area contributed by atoms with Crippen molar-refractivity contribution in [2.75, 3.05) is 12.5 Å². The second-order valence-electron chi connectivity index (χ2n) is 7.37. The van der Waals surface area contributed by atoms with Gasteiger partial charge in [-0.15, -0.1) is 0 Å². The van der Waals surface area contributed by atoms with Gasteiger partial charge in [0.2, 0.25) is 0 Å². The van der Waals surface area contributed by atoms with Crippen LogP contribution in [-0.2, 0) is 9.93 Å². The largest absolute Gasteiger partial charge is 0.319 e. The van der Waals surface area contributed by atoms with Crippen LogP contribution in [0.5, 0.6) is 0 Å². The fourth-order valence-electron chi connectivity index (χ4n) is 2.74. The van der Waals surface area contributed by atoms with Crippen LogP contribution >= 0.6 is 0 Å². The van der Waals surface area contributed by atoms with Crippen LogP contribution in [0.4, 0.5) is 0 Å². The lowest BCUT2D eigenvalue weighted by atomic mass is 10.1. The molecule has 2 N–H and O–H groups in total. The number of allylic oxidation sites excluding steroid dienone is 2. The predicted octanol–water partition coefficient (Wildman–Crippen LogP) is 5.59. The van der Waals surface area contributed by atoms with Crippen molar-refractivity contribution in [2.45, 2.75) is 102 Å². The molecule has 0 fully saturated rings. The first kappa shape index (κ1) is 22.9. The number of nitrogens with two attached hydrogens (primary N) is 1. The molecule has 0 spiro atoms. The zero-order valence-electron chi connectivity index (χ0n) is 16.1. The lowest BCUT2D eigenvalue weighted by molar-refractivity contribution is 0.581. The van der Waals surface area contributed by atoms with Crippen molar-refractivity contribution >= 4 is 9.93 Å². The lowest BCUT2D eigenvalue weighted by Gasteiger charge is -2.20. The highest BCUT2D eigenvalue weighted by Crippen LogP contribution is 2.12. The highest BCUT2D eigenvalue weighted by atomic mass is 32.2. The summed E-state index contributed by atoms with van der Waals surface area (Å²) in [5.41, 5.74) is 5.93. The molecule has 0 heterocycles. The topological polar surface area (TPSA) is 43.1 Å². The molecular weight excluding hydrogens is 302 g/mol. The van der Waals surface area contributed by atoms with Gasteiger partial charge >= 0.3 is 0 Å². The molecular formula is C20H43NOS. The first-order valence-electron chi connectivity index (χ1n) is 9.93. The number of hydrogen-bond donors (Lipinski definition) is 2. The summed E-state index contributed by atoms with van der Waals surface area (Å²) < 4.78 is 11.8. The first-order valence-corrected chi connectivity index (χ1v) is 12.6. The van der Waals surface area contributed by atoms with Gasteiger partial charge in [0, 0.05) is 0 Å². The third kappa shape index (κ3) is 16.5. The van der Waals surface area contributed by atoms with E-state index in [1.165, 1.54) is 77.0 Å². The minimum atomic E-state index is -2.08. The molecule has 0 aliphatic heterocycles. The molecule has 23 heavy (non-hydrogen) atoms. The molecule has 0 aromatic heterocycles. The van der Waals surface area contributed by atoms with Gasteiger partial charge in [0.25, 0.3) is 0 Å². The molecule has 3 heteroatoms. The van der Waals surface area contributed by atoms with Gasteiger partial charge in [-0.25, -0.2) is 0 Å². The van der Waals surface area contributed by atoms with Crippen LogP contribution in [0.15, 0.2) is 12.2 Å². The smallest absolute Gasteiger partial charge is 0.0580 e. The van der Waals surface area contributed by atoms with Crippen LogP contribution < -0.4 is 5.73 Å². The van der Waals surface area contributed by atoms with Crippen molar-refractivity contribution in [2.24, 2.45) is 5.73 Å². The second kappa shape index (κ2) is 15.4. The predicted molar refractivity (Wildman–Crippen MR) is 109 cm³/mol. The highest BCUT2D eigenvalue weighted by molar-refractivity contribution is 8.02. The van der Waals surface area contributed by atoms with Gasteiger partial charge in [-0.1, -0.05) is 86.8 Å². The van der Waals surface area contributed by atoms with E-state index < -0.39 is 9.93 Å². The Hall–Kier alpha value is -0.150. The maximum atomic E-state index is 11.8. The van der Waals surface area contributed by atoms with Gasteiger partial charge in [-0.3, -0.25) is 4.21 Å². The zero-order valence-corrected chi connectivity index (χ0v) is 17.0. The van der Waals surface area contributed by atoms with Crippen LogP contribution in [0.1, 0.15) is 96.8 Å². The molecule has 0 bridgehead atoms. The summed E-state index contributed by atoms with van der Waals surface area (Å²) in [6.07, 6.45) is 26.3. The number of rotatable bonds is 16. The van der Waals surface area contributed by atoms with Crippen LogP contribution in [0.2, 0.25) is 0 Å². The van der Waals surface area contributed by atoms with E-state index in [-0.39, 0.29) is 5.37 Å². The zero-order chi connectivity index (χ0) is 17.4. The molecule has 0 saturated heterocycles. The Kier molecular flexibility index (Phi) is 15.3. The molecule has 0 aromatic rings. The third-order valence-corrected chi connectivity index (χ3v) is 6.42. The van der Waals surface area contributed by atoms with Crippen molar-refractivity contribution < 1.29 is 4.21 Å². The molecule has 0 aromatic carbocycles. The minimum Gasteiger partial charge on any atom is -0.319 e. The molecule has 0 aliphatic rings. The van der Waals surface area contributed by atoms with Gasteiger partial charge < -0.3 is 5.73 Å². The first-order chi connectivity index (χ1) is 11.0. The summed E-state index contributed by atoms with van der Waals surface area (Å²) in [7, 11) is -2.08.